The number of benzene rings is 1. The monoisotopic (exact) mass is 333 g/mol. The molecule has 1 fully saturated rings. The van der Waals surface area contributed by atoms with Gasteiger partial charge in [0, 0.05) is 23.7 Å². The topological polar surface area (TPSA) is 52.9 Å². The summed E-state index contributed by atoms with van der Waals surface area (Å²) in [7, 11) is 0. The number of ether oxygens (including phenoxy) is 1. The van der Waals surface area contributed by atoms with Crippen LogP contribution in [0, 0.1) is 0 Å². The summed E-state index contributed by atoms with van der Waals surface area (Å²) in [6.45, 7) is 1.67. The fraction of sp³-hybridized carbons (Fsp3) is 0.600. The number of rotatable bonds is 6. The molecule has 1 unspecified atom stereocenters. The molecule has 0 aromatic heterocycles. The van der Waals surface area contributed by atoms with Gasteiger partial charge in [-0.1, -0.05) is 29.6 Å². The fourth-order valence-corrected chi connectivity index (χ4v) is 2.94. The standard InChI is InChI=1S/C15H21Cl2NO3/c16-11-4-5-14(17)15(7-11)21-10-13(20)8-18-6-2-1-3-12(18)9-19/h4-5,7,12-13,19-20H,1-3,6,8-10H2/t12-,13?/m1/s1. The van der Waals surface area contributed by atoms with Crippen molar-refractivity contribution in [1.29, 1.82) is 0 Å². The highest BCUT2D eigenvalue weighted by Crippen LogP contribution is 2.27. The normalized spacial score (nSPS) is 21.2. The molecule has 1 aliphatic heterocycles. The first kappa shape index (κ1) is 16.8. The fourth-order valence-electron chi connectivity index (χ4n) is 2.60. The van der Waals surface area contributed by atoms with Gasteiger partial charge in [-0.15, -0.1) is 0 Å². The van der Waals surface area contributed by atoms with Crippen molar-refractivity contribution in [2.45, 2.75) is 31.4 Å². The van der Waals surface area contributed by atoms with E-state index in [-0.39, 0.29) is 19.3 Å². The van der Waals surface area contributed by atoms with Crippen LogP contribution < -0.4 is 4.74 Å². The van der Waals surface area contributed by atoms with Gasteiger partial charge in [0.25, 0.3) is 0 Å². The molecule has 1 aromatic rings. The number of piperidine rings is 1. The summed E-state index contributed by atoms with van der Waals surface area (Å²) >= 11 is 11.9. The van der Waals surface area contributed by atoms with Crippen LogP contribution in [0.5, 0.6) is 5.75 Å². The quantitative estimate of drug-likeness (QED) is 0.840. The lowest BCUT2D eigenvalue weighted by atomic mass is 10.0. The molecule has 2 N–H and O–H groups in total. The highest BCUT2D eigenvalue weighted by Gasteiger charge is 2.23. The first-order valence-electron chi connectivity index (χ1n) is 7.21. The second kappa shape index (κ2) is 8.20. The zero-order valence-corrected chi connectivity index (χ0v) is 13.4. The lowest BCUT2D eigenvalue weighted by Gasteiger charge is -2.35. The summed E-state index contributed by atoms with van der Waals surface area (Å²) in [4.78, 5) is 2.12. The number of β-amino-alcohol motifs (C(OH)–C–C–N with tert-alkyl or cyclic N) is 1. The van der Waals surface area contributed by atoms with Gasteiger partial charge in [-0.25, -0.2) is 0 Å². The summed E-state index contributed by atoms with van der Waals surface area (Å²) in [5.74, 6) is 0.473. The minimum atomic E-state index is -0.632. The highest BCUT2D eigenvalue weighted by atomic mass is 35.5. The number of halogens is 2. The van der Waals surface area contributed by atoms with Crippen molar-refractivity contribution in [1.82, 2.24) is 4.90 Å². The van der Waals surface area contributed by atoms with Crippen molar-refractivity contribution in [3.05, 3.63) is 28.2 Å². The molecule has 21 heavy (non-hydrogen) atoms. The molecular formula is C15H21Cl2NO3. The van der Waals surface area contributed by atoms with Gasteiger partial charge < -0.3 is 14.9 Å². The molecule has 1 saturated heterocycles. The second-order valence-electron chi connectivity index (χ2n) is 5.37. The molecule has 1 aliphatic rings. The van der Waals surface area contributed by atoms with E-state index < -0.39 is 6.10 Å². The molecular weight excluding hydrogens is 313 g/mol. The van der Waals surface area contributed by atoms with Gasteiger partial charge in [0.1, 0.15) is 18.5 Å². The number of nitrogens with zero attached hydrogens (tertiary/aromatic N) is 1. The average molecular weight is 334 g/mol. The zero-order valence-electron chi connectivity index (χ0n) is 11.8. The lowest BCUT2D eigenvalue weighted by Crippen LogP contribution is -2.46. The van der Waals surface area contributed by atoms with Crippen LogP contribution in [0.15, 0.2) is 18.2 Å². The summed E-state index contributed by atoms with van der Waals surface area (Å²) in [6, 6.07) is 5.13. The van der Waals surface area contributed by atoms with Crippen molar-refractivity contribution in [3.8, 4) is 5.75 Å². The van der Waals surface area contributed by atoms with Crippen molar-refractivity contribution >= 4 is 23.2 Å². The maximum Gasteiger partial charge on any atom is 0.139 e. The van der Waals surface area contributed by atoms with E-state index in [1.165, 1.54) is 0 Å². The predicted molar refractivity (Wildman–Crippen MR) is 84.3 cm³/mol. The summed E-state index contributed by atoms with van der Waals surface area (Å²) < 4.78 is 5.53. The van der Waals surface area contributed by atoms with E-state index in [1.807, 2.05) is 0 Å². The third kappa shape index (κ3) is 5.01. The first-order chi connectivity index (χ1) is 10.1. The van der Waals surface area contributed by atoms with E-state index in [0.717, 1.165) is 25.8 Å². The van der Waals surface area contributed by atoms with Crippen molar-refractivity contribution in [2.24, 2.45) is 0 Å². The van der Waals surface area contributed by atoms with Crippen LogP contribution in [0.4, 0.5) is 0 Å². The van der Waals surface area contributed by atoms with Gasteiger partial charge in [0.2, 0.25) is 0 Å². The Hall–Kier alpha value is -0.520. The SMILES string of the molecule is OC[C@H]1CCCCN1CC(O)COc1cc(Cl)ccc1Cl. The Bertz CT molecular complexity index is 459. The Balaban J connectivity index is 1.84. The molecule has 2 rings (SSSR count). The van der Waals surface area contributed by atoms with Gasteiger partial charge in [-0.05, 0) is 31.5 Å². The number of aliphatic hydroxyl groups is 2. The summed E-state index contributed by atoms with van der Waals surface area (Å²) in [5, 5.41) is 20.5. The Morgan fingerprint density at radius 3 is 2.90 bits per heavy atom. The maximum absolute atomic E-state index is 10.1. The predicted octanol–water partition coefficient (Wildman–Crippen LogP) is 2.58. The summed E-state index contributed by atoms with van der Waals surface area (Å²) in [6.07, 6.45) is 2.58. The first-order valence-corrected chi connectivity index (χ1v) is 7.96. The minimum absolute atomic E-state index is 0.133. The smallest absolute Gasteiger partial charge is 0.139 e. The molecule has 2 atom stereocenters. The molecule has 0 saturated carbocycles. The third-order valence-electron chi connectivity index (χ3n) is 3.73. The van der Waals surface area contributed by atoms with Gasteiger partial charge in [-0.3, -0.25) is 4.90 Å². The van der Waals surface area contributed by atoms with Crippen LogP contribution in [0.3, 0.4) is 0 Å². The lowest BCUT2D eigenvalue weighted by molar-refractivity contribution is 0.0232. The maximum atomic E-state index is 10.1. The van der Waals surface area contributed by atoms with Gasteiger partial charge >= 0.3 is 0 Å². The van der Waals surface area contributed by atoms with Gasteiger partial charge in [-0.2, -0.15) is 0 Å². The molecule has 4 nitrogen and oxygen atoms in total. The van der Waals surface area contributed by atoms with Crippen molar-refractivity contribution in [2.75, 3.05) is 26.3 Å². The Labute approximate surface area is 135 Å². The number of aliphatic hydroxyl groups excluding tert-OH is 2. The van der Waals surface area contributed by atoms with Gasteiger partial charge in [0.15, 0.2) is 0 Å². The number of likely N-dealkylation sites (tertiary alicyclic amines) is 1. The molecule has 0 radical (unpaired) electrons. The van der Waals surface area contributed by atoms with Crippen LogP contribution in [0.25, 0.3) is 0 Å². The van der Waals surface area contributed by atoms with Gasteiger partial charge in [0.05, 0.1) is 11.6 Å². The molecule has 0 bridgehead atoms. The summed E-state index contributed by atoms with van der Waals surface area (Å²) in [5.41, 5.74) is 0. The van der Waals surface area contributed by atoms with E-state index in [9.17, 15) is 10.2 Å². The van der Waals surface area contributed by atoms with Crippen molar-refractivity contribution < 1.29 is 14.9 Å². The Morgan fingerprint density at radius 2 is 2.14 bits per heavy atom. The van der Waals surface area contributed by atoms with E-state index >= 15 is 0 Å². The van der Waals surface area contributed by atoms with E-state index in [0.29, 0.717) is 22.3 Å². The molecule has 6 heteroatoms. The molecule has 0 spiro atoms. The van der Waals surface area contributed by atoms with E-state index in [4.69, 9.17) is 27.9 Å². The Kier molecular flexibility index (Phi) is 6.58. The van der Waals surface area contributed by atoms with Crippen molar-refractivity contribution in [3.63, 3.8) is 0 Å². The largest absolute Gasteiger partial charge is 0.489 e. The molecule has 0 amide bonds. The number of hydrogen-bond acceptors (Lipinski definition) is 4. The van der Waals surface area contributed by atoms with Crippen LogP contribution in [0.1, 0.15) is 19.3 Å². The third-order valence-corrected chi connectivity index (χ3v) is 4.28. The zero-order chi connectivity index (χ0) is 15.2. The van der Waals surface area contributed by atoms with E-state index in [1.54, 1.807) is 18.2 Å². The molecule has 1 heterocycles. The Morgan fingerprint density at radius 1 is 1.33 bits per heavy atom. The van der Waals surface area contributed by atoms with Crippen LogP contribution in [0.2, 0.25) is 10.0 Å². The van der Waals surface area contributed by atoms with Crippen LogP contribution >= 0.6 is 23.2 Å². The minimum Gasteiger partial charge on any atom is -0.489 e. The second-order valence-corrected chi connectivity index (χ2v) is 6.21. The average Bonchev–Trinajstić information content (AvgIpc) is 2.49. The molecule has 118 valence electrons. The van der Waals surface area contributed by atoms with E-state index in [2.05, 4.69) is 4.90 Å². The number of hydrogen-bond donors (Lipinski definition) is 2. The molecule has 0 aliphatic carbocycles. The van der Waals surface area contributed by atoms with Crippen LogP contribution in [-0.2, 0) is 0 Å². The highest BCUT2D eigenvalue weighted by molar-refractivity contribution is 6.34. The van der Waals surface area contributed by atoms with Crippen LogP contribution in [-0.4, -0.2) is 53.6 Å². The molecule has 1 aromatic carbocycles.